The van der Waals surface area contributed by atoms with E-state index in [0.29, 0.717) is 36.1 Å². The number of halogens is 2. The van der Waals surface area contributed by atoms with E-state index < -0.39 is 0 Å². The van der Waals surface area contributed by atoms with E-state index in [9.17, 15) is 4.79 Å². The Labute approximate surface area is 162 Å². The van der Waals surface area contributed by atoms with Crippen LogP contribution in [0.5, 0.6) is 11.5 Å². The molecule has 0 aliphatic carbocycles. The maximum absolute atomic E-state index is 11.9. The Kier molecular flexibility index (Phi) is 7.33. The first-order valence-corrected chi connectivity index (χ1v) is 9.43. The van der Waals surface area contributed by atoms with Gasteiger partial charge in [0, 0.05) is 11.4 Å². The Balaban J connectivity index is 1.78. The van der Waals surface area contributed by atoms with E-state index in [1.54, 1.807) is 18.2 Å². The van der Waals surface area contributed by atoms with Crippen LogP contribution in [0.15, 0.2) is 40.9 Å². The van der Waals surface area contributed by atoms with Gasteiger partial charge in [0.15, 0.2) is 0 Å². The Morgan fingerprint density at radius 1 is 1.16 bits per heavy atom. The van der Waals surface area contributed by atoms with Crippen LogP contribution >= 0.6 is 27.5 Å². The van der Waals surface area contributed by atoms with Gasteiger partial charge < -0.3 is 9.47 Å². The topological polar surface area (TPSA) is 35.5 Å². The van der Waals surface area contributed by atoms with Crippen molar-refractivity contribution in [1.29, 1.82) is 0 Å². The summed E-state index contributed by atoms with van der Waals surface area (Å²) in [7, 11) is 0. The highest BCUT2D eigenvalue weighted by Gasteiger charge is 2.09. The molecule has 0 aromatic heterocycles. The highest BCUT2D eigenvalue weighted by Crippen LogP contribution is 2.29. The fourth-order valence-corrected chi connectivity index (χ4v) is 3.03. The molecule has 0 bridgehead atoms. The quantitative estimate of drug-likeness (QED) is 0.297. The Morgan fingerprint density at radius 2 is 1.88 bits per heavy atom. The molecule has 0 atom stereocenters. The molecule has 134 valence electrons. The van der Waals surface area contributed by atoms with Crippen LogP contribution < -0.4 is 9.47 Å². The molecule has 0 N–H and O–H groups in total. The Bertz CT molecular complexity index is 744. The van der Waals surface area contributed by atoms with Crippen molar-refractivity contribution in [3.63, 3.8) is 0 Å². The molecular formula is C20H22BrClO3. The highest BCUT2D eigenvalue weighted by molar-refractivity contribution is 9.10. The minimum Gasteiger partial charge on any atom is -0.492 e. The molecule has 0 unspecified atom stereocenters. The molecule has 2 aromatic rings. The standard InChI is InChI=1S/C20H22BrClO3/c1-13(2)15-6-8-19(17(21)12-15)24-10-4-5-20(23)25-18-9-7-16(22)11-14(18)3/h6-9,11-13H,4-5,10H2,1-3H3. The monoisotopic (exact) mass is 424 g/mol. The van der Waals surface area contributed by atoms with Crippen LogP contribution in [-0.4, -0.2) is 12.6 Å². The van der Waals surface area contributed by atoms with Crippen LogP contribution in [0, 0.1) is 6.92 Å². The molecule has 0 saturated carbocycles. The van der Waals surface area contributed by atoms with Gasteiger partial charge in [-0.1, -0.05) is 31.5 Å². The summed E-state index contributed by atoms with van der Waals surface area (Å²) in [5, 5.41) is 0.625. The summed E-state index contributed by atoms with van der Waals surface area (Å²) in [6, 6.07) is 11.3. The van der Waals surface area contributed by atoms with Crippen molar-refractivity contribution in [3.05, 3.63) is 57.0 Å². The van der Waals surface area contributed by atoms with Crippen molar-refractivity contribution < 1.29 is 14.3 Å². The summed E-state index contributed by atoms with van der Waals surface area (Å²) in [6.07, 6.45) is 0.883. The van der Waals surface area contributed by atoms with Crippen molar-refractivity contribution in [2.75, 3.05) is 6.61 Å². The maximum Gasteiger partial charge on any atom is 0.311 e. The van der Waals surface area contributed by atoms with Gasteiger partial charge in [-0.2, -0.15) is 0 Å². The third kappa shape index (κ3) is 6.05. The summed E-state index contributed by atoms with van der Waals surface area (Å²) < 4.78 is 12.0. The van der Waals surface area contributed by atoms with Gasteiger partial charge in [0.1, 0.15) is 11.5 Å². The molecule has 3 nitrogen and oxygen atoms in total. The van der Waals surface area contributed by atoms with Crippen molar-refractivity contribution in [2.24, 2.45) is 0 Å². The molecule has 0 aliphatic heterocycles. The Morgan fingerprint density at radius 3 is 2.52 bits per heavy atom. The normalized spacial score (nSPS) is 10.8. The first-order chi connectivity index (χ1) is 11.9. The third-order valence-electron chi connectivity index (χ3n) is 3.77. The van der Waals surface area contributed by atoms with Crippen molar-refractivity contribution in [2.45, 2.75) is 39.5 Å². The first kappa shape index (κ1) is 19.8. The fraction of sp³-hybridized carbons (Fsp3) is 0.350. The predicted octanol–water partition coefficient (Wildman–Crippen LogP) is 6.30. The largest absolute Gasteiger partial charge is 0.492 e. The first-order valence-electron chi connectivity index (χ1n) is 8.26. The van der Waals surface area contributed by atoms with Crippen LogP contribution in [-0.2, 0) is 4.79 Å². The molecule has 0 heterocycles. The zero-order chi connectivity index (χ0) is 18.4. The summed E-state index contributed by atoms with van der Waals surface area (Å²) in [4.78, 5) is 11.9. The van der Waals surface area contributed by atoms with Crippen molar-refractivity contribution in [1.82, 2.24) is 0 Å². The van der Waals surface area contributed by atoms with E-state index in [4.69, 9.17) is 21.1 Å². The average molecular weight is 426 g/mol. The molecule has 0 fully saturated rings. The Hall–Kier alpha value is -1.52. The second kappa shape index (κ2) is 9.25. The number of esters is 1. The highest BCUT2D eigenvalue weighted by atomic mass is 79.9. The fourth-order valence-electron chi connectivity index (χ4n) is 2.29. The lowest BCUT2D eigenvalue weighted by Crippen LogP contribution is -2.10. The molecule has 2 aromatic carbocycles. The van der Waals surface area contributed by atoms with Crippen LogP contribution in [0.4, 0.5) is 0 Å². The van der Waals surface area contributed by atoms with Gasteiger partial charge in [-0.15, -0.1) is 0 Å². The van der Waals surface area contributed by atoms with Crippen molar-refractivity contribution >= 4 is 33.5 Å². The van der Waals surface area contributed by atoms with Gasteiger partial charge >= 0.3 is 5.97 Å². The lowest BCUT2D eigenvalue weighted by atomic mass is 10.0. The van der Waals surface area contributed by atoms with Crippen LogP contribution in [0.2, 0.25) is 5.02 Å². The van der Waals surface area contributed by atoms with Gasteiger partial charge in [-0.25, -0.2) is 0 Å². The van der Waals surface area contributed by atoms with Gasteiger partial charge in [0.05, 0.1) is 11.1 Å². The minimum absolute atomic E-state index is 0.275. The lowest BCUT2D eigenvalue weighted by molar-refractivity contribution is -0.134. The van der Waals surface area contributed by atoms with Gasteiger partial charge in [0.25, 0.3) is 0 Å². The lowest BCUT2D eigenvalue weighted by Gasteiger charge is -2.11. The number of ether oxygens (including phenoxy) is 2. The number of hydrogen-bond donors (Lipinski definition) is 0. The second-order valence-corrected chi connectivity index (χ2v) is 7.47. The summed E-state index contributed by atoms with van der Waals surface area (Å²) in [5.74, 6) is 1.52. The molecule has 0 radical (unpaired) electrons. The average Bonchev–Trinajstić information content (AvgIpc) is 2.55. The number of rotatable bonds is 7. The van der Waals surface area contributed by atoms with Crippen LogP contribution in [0.25, 0.3) is 0 Å². The molecule has 2 rings (SSSR count). The third-order valence-corrected chi connectivity index (χ3v) is 4.62. The number of benzene rings is 2. The number of carbonyl (C=O) groups is 1. The zero-order valence-corrected chi connectivity index (χ0v) is 17.0. The second-order valence-electron chi connectivity index (χ2n) is 6.18. The molecule has 25 heavy (non-hydrogen) atoms. The molecule has 0 saturated heterocycles. The molecular weight excluding hydrogens is 404 g/mol. The van der Waals surface area contributed by atoms with Gasteiger partial charge in [-0.3, -0.25) is 4.79 Å². The van der Waals surface area contributed by atoms with Crippen molar-refractivity contribution in [3.8, 4) is 11.5 Å². The van der Waals surface area contributed by atoms with Crippen LogP contribution in [0.3, 0.4) is 0 Å². The molecule has 5 heteroatoms. The van der Waals surface area contributed by atoms with Gasteiger partial charge in [0.2, 0.25) is 0 Å². The number of carbonyl (C=O) groups excluding carboxylic acids is 1. The minimum atomic E-state index is -0.275. The predicted molar refractivity (Wildman–Crippen MR) is 105 cm³/mol. The molecule has 0 spiro atoms. The van der Waals surface area contributed by atoms with Crippen LogP contribution in [0.1, 0.15) is 43.7 Å². The maximum atomic E-state index is 11.9. The van der Waals surface area contributed by atoms with E-state index in [1.807, 2.05) is 13.0 Å². The molecule has 0 aliphatic rings. The number of aryl methyl sites for hydroxylation is 1. The van der Waals surface area contributed by atoms with E-state index in [2.05, 4.69) is 41.9 Å². The van der Waals surface area contributed by atoms with E-state index >= 15 is 0 Å². The van der Waals surface area contributed by atoms with E-state index in [0.717, 1.165) is 15.8 Å². The summed E-state index contributed by atoms with van der Waals surface area (Å²) in [6.45, 7) is 6.61. The zero-order valence-electron chi connectivity index (χ0n) is 14.6. The van der Waals surface area contributed by atoms with Gasteiger partial charge in [-0.05, 0) is 76.7 Å². The van der Waals surface area contributed by atoms with E-state index in [-0.39, 0.29) is 5.97 Å². The summed E-state index contributed by atoms with van der Waals surface area (Å²) in [5.41, 5.74) is 2.09. The smallest absolute Gasteiger partial charge is 0.311 e. The molecule has 0 amide bonds. The number of hydrogen-bond acceptors (Lipinski definition) is 3. The SMILES string of the molecule is Cc1cc(Cl)ccc1OC(=O)CCCOc1ccc(C(C)C)cc1Br. The summed E-state index contributed by atoms with van der Waals surface area (Å²) >= 11 is 9.42. The van der Waals surface area contributed by atoms with E-state index in [1.165, 1.54) is 5.56 Å².